The van der Waals surface area contributed by atoms with Crippen LogP contribution in [0, 0.1) is 13.8 Å². The maximum absolute atomic E-state index is 7.10. The predicted molar refractivity (Wildman–Crippen MR) is 37.7 cm³/mol. The Kier molecular flexibility index (Phi) is 0.815. The minimum absolute atomic E-state index is 0.422. The second-order valence-corrected chi connectivity index (χ2v) is 2.27. The molecule has 3 heteroatoms. The van der Waals surface area contributed by atoms with Crippen LogP contribution < -0.4 is 0 Å². The number of hydrogen-bond donors (Lipinski definition) is 0. The SMILES string of the molecule is [2H]C([2H])([2H])n1nc(C)c(Cl)c1C. The van der Waals surface area contributed by atoms with Crippen LogP contribution in [0.2, 0.25) is 5.02 Å². The fourth-order valence-electron chi connectivity index (χ4n) is 0.624. The molecular weight excluding hydrogens is 136 g/mol. The van der Waals surface area contributed by atoms with Crippen molar-refractivity contribution in [3.8, 4) is 0 Å². The molecule has 0 atom stereocenters. The summed E-state index contributed by atoms with van der Waals surface area (Å²) < 4.78 is 22.3. The summed E-state index contributed by atoms with van der Waals surface area (Å²) in [6, 6.07) is 0. The molecule has 2 nitrogen and oxygen atoms in total. The fourth-order valence-corrected chi connectivity index (χ4v) is 0.742. The van der Waals surface area contributed by atoms with Crippen molar-refractivity contribution in [3.05, 3.63) is 16.4 Å². The van der Waals surface area contributed by atoms with Crippen molar-refractivity contribution in [1.29, 1.82) is 0 Å². The topological polar surface area (TPSA) is 17.8 Å². The van der Waals surface area contributed by atoms with Crippen molar-refractivity contribution >= 4 is 11.6 Å². The monoisotopic (exact) mass is 147 g/mol. The van der Waals surface area contributed by atoms with Gasteiger partial charge < -0.3 is 0 Å². The number of aryl methyl sites for hydroxylation is 2. The van der Waals surface area contributed by atoms with E-state index in [0.29, 0.717) is 16.4 Å². The van der Waals surface area contributed by atoms with Gasteiger partial charge >= 0.3 is 0 Å². The largest absolute Gasteiger partial charge is 0.271 e. The molecule has 9 heavy (non-hydrogen) atoms. The number of aromatic nitrogens is 2. The van der Waals surface area contributed by atoms with Gasteiger partial charge in [-0.1, -0.05) is 11.6 Å². The summed E-state index contributed by atoms with van der Waals surface area (Å²) in [5.74, 6) is 0. The third-order valence-corrected chi connectivity index (χ3v) is 1.75. The van der Waals surface area contributed by atoms with Gasteiger partial charge in [0.25, 0.3) is 0 Å². The molecule has 0 bridgehead atoms. The van der Waals surface area contributed by atoms with Crippen LogP contribution in [0.3, 0.4) is 0 Å². The van der Waals surface area contributed by atoms with Gasteiger partial charge in [0, 0.05) is 11.1 Å². The molecule has 0 saturated heterocycles. The maximum Gasteiger partial charge on any atom is 0.0844 e. The normalized spacial score (nSPS) is 16.6. The summed E-state index contributed by atoms with van der Waals surface area (Å²) in [7, 11) is 0. The van der Waals surface area contributed by atoms with Gasteiger partial charge in [-0.3, -0.25) is 4.68 Å². The van der Waals surface area contributed by atoms with Crippen molar-refractivity contribution < 1.29 is 4.11 Å². The minimum atomic E-state index is -2.23. The molecule has 1 aromatic rings. The smallest absolute Gasteiger partial charge is 0.0844 e. The molecule has 0 aliphatic heterocycles. The number of rotatable bonds is 0. The van der Waals surface area contributed by atoms with E-state index in [0.717, 1.165) is 4.68 Å². The van der Waals surface area contributed by atoms with E-state index >= 15 is 0 Å². The molecule has 0 unspecified atom stereocenters. The molecule has 0 fully saturated rings. The quantitative estimate of drug-likeness (QED) is 0.546. The van der Waals surface area contributed by atoms with Crippen LogP contribution in [0.1, 0.15) is 15.5 Å². The number of halogens is 1. The first-order chi connectivity index (χ1) is 5.34. The summed E-state index contributed by atoms with van der Waals surface area (Å²) in [6.07, 6.45) is 0. The second kappa shape index (κ2) is 2.03. The summed E-state index contributed by atoms with van der Waals surface area (Å²) in [4.78, 5) is 0. The summed E-state index contributed by atoms with van der Waals surface area (Å²) in [5.41, 5.74) is 1.03. The number of hydrogen-bond acceptors (Lipinski definition) is 1. The van der Waals surface area contributed by atoms with Gasteiger partial charge in [-0.25, -0.2) is 0 Å². The maximum atomic E-state index is 7.10. The highest BCUT2D eigenvalue weighted by atomic mass is 35.5. The molecule has 50 valence electrons. The van der Waals surface area contributed by atoms with Crippen LogP contribution in [0.5, 0.6) is 0 Å². The molecule has 0 aliphatic rings. The van der Waals surface area contributed by atoms with E-state index in [4.69, 9.17) is 15.7 Å². The van der Waals surface area contributed by atoms with E-state index < -0.39 is 6.98 Å². The molecule has 0 N–H and O–H groups in total. The van der Waals surface area contributed by atoms with Crippen LogP contribution in [-0.4, -0.2) is 9.78 Å². The lowest BCUT2D eigenvalue weighted by molar-refractivity contribution is 0.731. The highest BCUT2D eigenvalue weighted by molar-refractivity contribution is 6.31. The zero-order chi connectivity index (χ0) is 9.52. The first-order valence-corrected chi connectivity index (χ1v) is 2.94. The van der Waals surface area contributed by atoms with E-state index in [1.165, 1.54) is 0 Å². The van der Waals surface area contributed by atoms with Crippen LogP contribution in [-0.2, 0) is 6.98 Å². The van der Waals surface area contributed by atoms with E-state index in [1.54, 1.807) is 13.8 Å². The van der Waals surface area contributed by atoms with Crippen molar-refractivity contribution in [2.24, 2.45) is 6.98 Å². The van der Waals surface area contributed by atoms with Crippen molar-refractivity contribution in [3.63, 3.8) is 0 Å². The lowest BCUT2D eigenvalue weighted by atomic mass is 10.4. The Morgan fingerprint density at radius 2 is 2.33 bits per heavy atom. The summed E-state index contributed by atoms with van der Waals surface area (Å²) >= 11 is 5.77. The highest BCUT2D eigenvalue weighted by Crippen LogP contribution is 2.17. The zero-order valence-electron chi connectivity index (χ0n) is 8.27. The Bertz CT molecular complexity index is 302. The Morgan fingerprint density at radius 3 is 2.56 bits per heavy atom. The van der Waals surface area contributed by atoms with Gasteiger partial charge in [-0.05, 0) is 13.8 Å². The molecule has 0 radical (unpaired) electrons. The Labute approximate surface area is 63.7 Å². The highest BCUT2D eigenvalue weighted by Gasteiger charge is 2.03. The van der Waals surface area contributed by atoms with Crippen LogP contribution in [0.15, 0.2) is 0 Å². The molecular formula is C6H9ClN2. The van der Waals surface area contributed by atoms with E-state index in [9.17, 15) is 0 Å². The van der Waals surface area contributed by atoms with Gasteiger partial charge in [0.05, 0.1) is 16.4 Å². The molecule has 0 aromatic carbocycles. The first-order valence-electron chi connectivity index (χ1n) is 4.06. The number of nitrogens with zero attached hydrogens (tertiary/aromatic N) is 2. The van der Waals surface area contributed by atoms with Gasteiger partial charge in [0.1, 0.15) is 0 Å². The first kappa shape index (κ1) is 3.62. The molecule has 0 aliphatic carbocycles. The Hall–Kier alpha value is -0.500. The third kappa shape index (κ3) is 0.944. The third-order valence-electron chi connectivity index (χ3n) is 1.20. The second-order valence-electron chi connectivity index (χ2n) is 1.90. The Morgan fingerprint density at radius 1 is 1.67 bits per heavy atom. The molecule has 0 spiro atoms. The average Bonchev–Trinajstić information content (AvgIpc) is 2.15. The minimum Gasteiger partial charge on any atom is -0.271 e. The van der Waals surface area contributed by atoms with Crippen LogP contribution in [0.4, 0.5) is 0 Å². The summed E-state index contributed by atoms with van der Waals surface area (Å²) in [5, 5.41) is 4.23. The van der Waals surface area contributed by atoms with E-state index in [1.807, 2.05) is 0 Å². The van der Waals surface area contributed by atoms with Crippen molar-refractivity contribution in [2.45, 2.75) is 13.8 Å². The van der Waals surface area contributed by atoms with Gasteiger partial charge in [0.15, 0.2) is 0 Å². The zero-order valence-corrected chi connectivity index (χ0v) is 6.03. The lowest BCUT2D eigenvalue weighted by Gasteiger charge is -1.89. The predicted octanol–water partition coefficient (Wildman–Crippen LogP) is 1.69. The molecule has 0 amide bonds. The summed E-state index contributed by atoms with van der Waals surface area (Å²) in [6.45, 7) is 1.08. The fraction of sp³-hybridized carbons (Fsp3) is 0.500. The van der Waals surface area contributed by atoms with Gasteiger partial charge in [0.2, 0.25) is 0 Å². The van der Waals surface area contributed by atoms with Crippen molar-refractivity contribution in [1.82, 2.24) is 9.78 Å². The molecule has 0 saturated carbocycles. The van der Waals surface area contributed by atoms with E-state index in [2.05, 4.69) is 5.10 Å². The van der Waals surface area contributed by atoms with Gasteiger partial charge in [-0.15, -0.1) is 0 Å². The molecule has 1 rings (SSSR count). The average molecular weight is 148 g/mol. The van der Waals surface area contributed by atoms with Crippen LogP contribution in [0.25, 0.3) is 0 Å². The standard InChI is InChI=1S/C6H9ClN2/c1-4-6(7)5(2)9(3)8-4/h1-3H3/i3D3. The lowest BCUT2D eigenvalue weighted by Crippen LogP contribution is -1.91. The van der Waals surface area contributed by atoms with Crippen molar-refractivity contribution in [2.75, 3.05) is 0 Å². The van der Waals surface area contributed by atoms with E-state index in [-0.39, 0.29) is 0 Å². The Balaban J connectivity index is 3.28. The molecule has 1 aromatic heterocycles. The van der Waals surface area contributed by atoms with Crippen LogP contribution >= 0.6 is 11.6 Å². The molecule has 1 heterocycles. The van der Waals surface area contributed by atoms with Gasteiger partial charge in [-0.2, -0.15) is 5.10 Å².